The Morgan fingerprint density at radius 1 is 1.00 bits per heavy atom. The van der Waals surface area contributed by atoms with Gasteiger partial charge in [0.05, 0.1) is 0 Å². The van der Waals surface area contributed by atoms with Gasteiger partial charge in [-0.15, -0.1) is 0 Å². The van der Waals surface area contributed by atoms with Crippen molar-refractivity contribution in [1.82, 2.24) is 0 Å². The molecule has 0 saturated heterocycles. The van der Waals surface area contributed by atoms with Crippen LogP contribution in [0.1, 0.15) is 16.7 Å². The van der Waals surface area contributed by atoms with Crippen LogP contribution in [-0.4, -0.2) is 6.54 Å². The molecule has 0 aromatic heterocycles. The van der Waals surface area contributed by atoms with Crippen LogP contribution in [0.4, 0.5) is 4.39 Å². The van der Waals surface area contributed by atoms with Gasteiger partial charge in [0, 0.05) is 0 Å². The zero-order chi connectivity index (χ0) is 13.8. The molecule has 0 unspecified atom stereocenters. The first-order valence-electron chi connectivity index (χ1n) is 6.34. The predicted octanol–water partition coefficient (Wildman–Crippen LogP) is 3.74. The number of nitrogens with two attached hydrogens (primary N) is 1. The largest absolute Gasteiger partial charge is 0.457 e. The first kappa shape index (κ1) is 13.6. The van der Waals surface area contributed by atoms with Gasteiger partial charge in [-0.05, 0) is 67.8 Å². The van der Waals surface area contributed by atoms with E-state index in [0.29, 0.717) is 12.3 Å². The summed E-state index contributed by atoms with van der Waals surface area (Å²) in [6.07, 6.45) is 0.818. The van der Waals surface area contributed by atoms with Gasteiger partial charge in [-0.2, -0.15) is 0 Å². The first-order chi connectivity index (χ1) is 9.10. The van der Waals surface area contributed by atoms with Gasteiger partial charge in [0.2, 0.25) is 0 Å². The van der Waals surface area contributed by atoms with E-state index in [9.17, 15) is 4.39 Å². The molecule has 0 radical (unpaired) electrons. The summed E-state index contributed by atoms with van der Waals surface area (Å²) in [4.78, 5) is 0. The normalized spacial score (nSPS) is 10.5. The quantitative estimate of drug-likeness (QED) is 0.907. The van der Waals surface area contributed by atoms with Crippen molar-refractivity contribution in [2.24, 2.45) is 5.73 Å². The molecule has 100 valence electrons. The van der Waals surface area contributed by atoms with Crippen molar-refractivity contribution in [3.05, 3.63) is 58.9 Å². The van der Waals surface area contributed by atoms with E-state index in [2.05, 4.69) is 0 Å². The number of benzene rings is 2. The smallest absolute Gasteiger partial charge is 0.130 e. The molecular formula is C16H18FNO. The average Bonchev–Trinajstić information content (AvgIpc) is 2.37. The summed E-state index contributed by atoms with van der Waals surface area (Å²) in [7, 11) is 0. The van der Waals surface area contributed by atoms with Crippen molar-refractivity contribution in [2.75, 3.05) is 6.54 Å². The van der Waals surface area contributed by atoms with E-state index in [4.69, 9.17) is 10.5 Å². The summed E-state index contributed by atoms with van der Waals surface area (Å²) in [6, 6.07) is 10.6. The van der Waals surface area contributed by atoms with Gasteiger partial charge in [0.15, 0.2) is 0 Å². The maximum atomic E-state index is 13.1. The molecule has 0 saturated carbocycles. The zero-order valence-electron chi connectivity index (χ0n) is 11.2. The minimum atomic E-state index is -0.251. The fraction of sp³-hybridized carbons (Fsp3) is 0.250. The molecule has 0 aliphatic rings. The molecule has 3 heteroatoms. The number of aryl methyl sites for hydroxylation is 2. The molecule has 0 spiro atoms. The van der Waals surface area contributed by atoms with Crippen LogP contribution in [0, 0.1) is 19.7 Å². The van der Waals surface area contributed by atoms with Crippen molar-refractivity contribution < 1.29 is 9.13 Å². The summed E-state index contributed by atoms with van der Waals surface area (Å²) in [5.41, 5.74) is 8.53. The standard InChI is InChI=1S/C16H18FNO/c1-11-3-4-13(7-8-18)10-16(11)19-15-6-5-14(17)9-12(15)2/h3-6,9-10H,7-8,18H2,1-2H3. The van der Waals surface area contributed by atoms with Gasteiger partial charge < -0.3 is 10.5 Å². The predicted molar refractivity (Wildman–Crippen MR) is 75.1 cm³/mol. The Morgan fingerprint density at radius 3 is 2.47 bits per heavy atom. The summed E-state index contributed by atoms with van der Waals surface area (Å²) < 4.78 is 18.9. The van der Waals surface area contributed by atoms with Crippen LogP contribution in [0.25, 0.3) is 0 Å². The second-order valence-electron chi connectivity index (χ2n) is 4.65. The number of rotatable bonds is 4. The van der Waals surface area contributed by atoms with E-state index in [1.54, 1.807) is 6.07 Å². The van der Waals surface area contributed by atoms with E-state index >= 15 is 0 Å². The van der Waals surface area contributed by atoms with Gasteiger partial charge in [-0.3, -0.25) is 0 Å². The third-order valence-electron chi connectivity index (χ3n) is 3.04. The molecule has 0 fully saturated rings. The minimum absolute atomic E-state index is 0.251. The monoisotopic (exact) mass is 259 g/mol. The topological polar surface area (TPSA) is 35.2 Å². The van der Waals surface area contributed by atoms with Crippen LogP contribution in [-0.2, 0) is 6.42 Å². The van der Waals surface area contributed by atoms with E-state index in [-0.39, 0.29) is 5.82 Å². The molecule has 0 atom stereocenters. The Kier molecular flexibility index (Phi) is 4.17. The van der Waals surface area contributed by atoms with E-state index in [0.717, 1.165) is 28.9 Å². The lowest BCUT2D eigenvalue weighted by molar-refractivity contribution is 0.472. The van der Waals surface area contributed by atoms with Gasteiger partial charge in [-0.1, -0.05) is 12.1 Å². The Hall–Kier alpha value is -1.87. The highest BCUT2D eigenvalue weighted by Gasteiger charge is 2.06. The van der Waals surface area contributed by atoms with Gasteiger partial charge in [-0.25, -0.2) is 4.39 Å². The highest BCUT2D eigenvalue weighted by Crippen LogP contribution is 2.29. The molecule has 19 heavy (non-hydrogen) atoms. The Bertz CT molecular complexity index is 581. The average molecular weight is 259 g/mol. The van der Waals surface area contributed by atoms with Crippen molar-refractivity contribution in [3.8, 4) is 11.5 Å². The van der Waals surface area contributed by atoms with Gasteiger partial charge >= 0.3 is 0 Å². The van der Waals surface area contributed by atoms with Crippen molar-refractivity contribution >= 4 is 0 Å². The van der Waals surface area contributed by atoms with Crippen LogP contribution in [0.3, 0.4) is 0 Å². The van der Waals surface area contributed by atoms with Crippen molar-refractivity contribution in [2.45, 2.75) is 20.3 Å². The second kappa shape index (κ2) is 5.85. The zero-order valence-corrected chi connectivity index (χ0v) is 11.2. The van der Waals surface area contributed by atoms with E-state index < -0.39 is 0 Å². The molecule has 2 N–H and O–H groups in total. The lowest BCUT2D eigenvalue weighted by Gasteiger charge is -2.12. The Labute approximate surface area is 113 Å². The molecule has 0 heterocycles. The lowest BCUT2D eigenvalue weighted by atomic mass is 10.1. The SMILES string of the molecule is Cc1cc(F)ccc1Oc1cc(CCN)ccc1C. The molecular weight excluding hydrogens is 241 g/mol. The summed E-state index contributed by atoms with van der Waals surface area (Å²) >= 11 is 0. The molecule has 0 aliphatic carbocycles. The highest BCUT2D eigenvalue weighted by molar-refractivity contribution is 5.42. The third-order valence-corrected chi connectivity index (χ3v) is 3.04. The molecule has 0 bridgehead atoms. The minimum Gasteiger partial charge on any atom is -0.457 e. The molecule has 2 aromatic rings. The molecule has 0 aliphatic heterocycles. The fourth-order valence-electron chi connectivity index (χ4n) is 1.92. The van der Waals surface area contributed by atoms with E-state index in [1.165, 1.54) is 12.1 Å². The second-order valence-corrected chi connectivity index (χ2v) is 4.65. The maximum Gasteiger partial charge on any atom is 0.130 e. The molecule has 2 rings (SSSR count). The molecule has 2 nitrogen and oxygen atoms in total. The summed E-state index contributed by atoms with van der Waals surface area (Å²) in [5.74, 6) is 1.22. The highest BCUT2D eigenvalue weighted by atomic mass is 19.1. The summed E-state index contributed by atoms with van der Waals surface area (Å²) in [6.45, 7) is 4.43. The van der Waals surface area contributed by atoms with Crippen LogP contribution in [0.2, 0.25) is 0 Å². The third kappa shape index (κ3) is 3.32. The number of hydrogen-bond acceptors (Lipinski definition) is 2. The van der Waals surface area contributed by atoms with E-state index in [1.807, 2.05) is 32.0 Å². The Balaban J connectivity index is 2.29. The van der Waals surface area contributed by atoms with Crippen LogP contribution >= 0.6 is 0 Å². The number of ether oxygens (including phenoxy) is 1. The lowest BCUT2D eigenvalue weighted by Crippen LogP contribution is -2.03. The van der Waals surface area contributed by atoms with Crippen LogP contribution in [0.15, 0.2) is 36.4 Å². The van der Waals surface area contributed by atoms with Gasteiger partial charge in [0.25, 0.3) is 0 Å². The molecule has 0 amide bonds. The van der Waals surface area contributed by atoms with Crippen molar-refractivity contribution in [1.29, 1.82) is 0 Å². The number of halogens is 1. The number of hydrogen-bond donors (Lipinski definition) is 1. The van der Waals surface area contributed by atoms with Crippen LogP contribution < -0.4 is 10.5 Å². The van der Waals surface area contributed by atoms with Gasteiger partial charge in [0.1, 0.15) is 17.3 Å². The fourth-order valence-corrected chi connectivity index (χ4v) is 1.92. The Morgan fingerprint density at radius 2 is 1.79 bits per heavy atom. The first-order valence-corrected chi connectivity index (χ1v) is 6.34. The maximum absolute atomic E-state index is 13.1. The molecule has 2 aromatic carbocycles. The van der Waals surface area contributed by atoms with Crippen molar-refractivity contribution in [3.63, 3.8) is 0 Å². The van der Waals surface area contributed by atoms with Crippen LogP contribution in [0.5, 0.6) is 11.5 Å². The summed E-state index contributed by atoms with van der Waals surface area (Å²) in [5, 5.41) is 0.